The van der Waals surface area contributed by atoms with E-state index in [-0.39, 0.29) is 31.1 Å². The second-order valence-corrected chi connectivity index (χ2v) is 20.9. The third-order valence-electron chi connectivity index (χ3n) is 13.6. The molecule has 0 heterocycles. The lowest BCUT2D eigenvalue weighted by molar-refractivity contribution is -0.167. The molecule has 0 bridgehead atoms. The Bertz CT molecular complexity index is 1420. The number of hydrogen-bond donors (Lipinski definition) is 0. The van der Waals surface area contributed by atoms with Gasteiger partial charge in [-0.15, -0.1) is 0 Å². The number of carbonyl (C=O) groups is 3. The highest BCUT2D eigenvalue weighted by molar-refractivity contribution is 5.71. The summed E-state index contributed by atoms with van der Waals surface area (Å²) in [7, 11) is 0. The van der Waals surface area contributed by atoms with Crippen molar-refractivity contribution in [1.82, 2.24) is 0 Å². The third-order valence-corrected chi connectivity index (χ3v) is 13.6. The van der Waals surface area contributed by atoms with Gasteiger partial charge >= 0.3 is 17.9 Å². The molecule has 0 rings (SSSR count). The fourth-order valence-corrected chi connectivity index (χ4v) is 8.87. The molecule has 0 amide bonds. The molecule has 0 fully saturated rings. The summed E-state index contributed by atoms with van der Waals surface area (Å²) in [5.74, 6) is -0.942. The summed E-state index contributed by atoms with van der Waals surface area (Å²) in [5.41, 5.74) is 0. The van der Waals surface area contributed by atoms with Gasteiger partial charge in [0.05, 0.1) is 0 Å². The molecule has 0 saturated carbocycles. The lowest BCUT2D eigenvalue weighted by Gasteiger charge is -2.18. The van der Waals surface area contributed by atoms with Gasteiger partial charge in [-0.2, -0.15) is 0 Å². The second kappa shape index (κ2) is 62.1. The van der Waals surface area contributed by atoms with Gasteiger partial charge in [0.2, 0.25) is 0 Å². The Morgan fingerprint density at radius 3 is 0.878 bits per heavy atom. The molecule has 6 nitrogen and oxygen atoms in total. The Kier molecular flexibility index (Phi) is 59.3. The zero-order chi connectivity index (χ0) is 53.6. The standard InChI is InChI=1S/C68H118O6/c1-4-7-10-13-16-19-22-25-28-30-31-32-33-34-35-36-37-38-41-43-46-49-52-55-58-61-67(70)73-64-65(63-72-66(69)60-57-54-51-48-45-42-39-27-24-21-18-15-12-9-6-3)74-68(71)62-59-56-53-50-47-44-40-29-26-23-20-17-14-11-8-5-2/h9,12,18,20-21,23,27,29-31,39-40,45,48,65H,4-8,10-11,13-17,19,22,24-26,28,32-38,41-44,46-47,49-64H2,1-3H3/b12-9-,21-18-,23-20-,31-30-,39-27-,40-29-,48-45-. The SMILES string of the molecule is CC/C=C\C/C=C\C/C=C\C/C=C\CCCCC(=O)OCC(COC(=O)CCCCCCCCCCCCCCC/C=C\CCCCCCCCCC)OC(=O)CCCCCCC/C=C\C/C=C\CCCCCC. The molecule has 0 N–H and O–H groups in total. The van der Waals surface area contributed by atoms with E-state index < -0.39 is 6.10 Å². The molecule has 426 valence electrons. The first kappa shape index (κ1) is 70.6. The maximum atomic E-state index is 12.9. The van der Waals surface area contributed by atoms with Crippen LogP contribution >= 0.6 is 0 Å². The van der Waals surface area contributed by atoms with Crippen LogP contribution in [0.15, 0.2) is 85.1 Å². The fraction of sp³-hybridized carbons (Fsp3) is 0.750. The van der Waals surface area contributed by atoms with Gasteiger partial charge < -0.3 is 14.2 Å². The first-order chi connectivity index (χ1) is 36.5. The van der Waals surface area contributed by atoms with E-state index in [1.165, 1.54) is 161 Å². The van der Waals surface area contributed by atoms with E-state index in [0.29, 0.717) is 19.3 Å². The summed E-state index contributed by atoms with van der Waals surface area (Å²) >= 11 is 0. The average molecular weight is 1030 g/mol. The van der Waals surface area contributed by atoms with Gasteiger partial charge in [-0.3, -0.25) is 14.4 Å². The molecule has 0 aliphatic rings. The van der Waals surface area contributed by atoms with Crippen molar-refractivity contribution in [1.29, 1.82) is 0 Å². The molecule has 0 aliphatic carbocycles. The zero-order valence-electron chi connectivity index (χ0n) is 48.8. The first-order valence-corrected chi connectivity index (χ1v) is 31.6. The molecule has 6 heteroatoms. The predicted molar refractivity (Wildman–Crippen MR) is 321 cm³/mol. The Morgan fingerprint density at radius 2 is 0.527 bits per heavy atom. The summed E-state index contributed by atoms with van der Waals surface area (Å²) < 4.78 is 16.9. The Labute approximate surface area is 458 Å². The molecule has 0 radical (unpaired) electrons. The maximum absolute atomic E-state index is 12.9. The van der Waals surface area contributed by atoms with Gasteiger partial charge in [0.1, 0.15) is 13.2 Å². The average Bonchev–Trinajstić information content (AvgIpc) is 3.40. The van der Waals surface area contributed by atoms with Crippen LogP contribution in [-0.4, -0.2) is 37.2 Å². The molecule has 0 aromatic heterocycles. The molecule has 1 atom stereocenters. The number of hydrogen-bond acceptors (Lipinski definition) is 6. The number of ether oxygens (including phenoxy) is 3. The monoisotopic (exact) mass is 1030 g/mol. The van der Waals surface area contributed by atoms with Gasteiger partial charge in [0.15, 0.2) is 6.10 Å². The van der Waals surface area contributed by atoms with Gasteiger partial charge in [0.25, 0.3) is 0 Å². The number of carbonyl (C=O) groups excluding carboxylic acids is 3. The topological polar surface area (TPSA) is 78.9 Å². The van der Waals surface area contributed by atoms with Crippen molar-refractivity contribution in [2.45, 2.75) is 316 Å². The maximum Gasteiger partial charge on any atom is 0.306 e. The van der Waals surface area contributed by atoms with Gasteiger partial charge in [-0.25, -0.2) is 0 Å². The first-order valence-electron chi connectivity index (χ1n) is 31.6. The van der Waals surface area contributed by atoms with Gasteiger partial charge in [-0.1, -0.05) is 260 Å². The van der Waals surface area contributed by atoms with Crippen molar-refractivity contribution >= 4 is 17.9 Å². The van der Waals surface area contributed by atoms with E-state index in [1.54, 1.807) is 0 Å². The lowest BCUT2D eigenvalue weighted by Crippen LogP contribution is -2.30. The molecule has 74 heavy (non-hydrogen) atoms. The van der Waals surface area contributed by atoms with Crippen LogP contribution in [0.3, 0.4) is 0 Å². The van der Waals surface area contributed by atoms with E-state index in [0.717, 1.165) is 109 Å². The van der Waals surface area contributed by atoms with Crippen LogP contribution in [-0.2, 0) is 28.6 Å². The van der Waals surface area contributed by atoms with E-state index in [9.17, 15) is 14.4 Å². The van der Waals surface area contributed by atoms with Crippen molar-refractivity contribution in [3.05, 3.63) is 85.1 Å². The van der Waals surface area contributed by atoms with Crippen molar-refractivity contribution in [2.75, 3.05) is 13.2 Å². The van der Waals surface area contributed by atoms with Crippen LogP contribution in [0.4, 0.5) is 0 Å². The molecule has 0 aromatic rings. The summed E-state index contributed by atoms with van der Waals surface area (Å²) in [6.45, 7) is 6.49. The molecule has 0 aromatic carbocycles. The minimum Gasteiger partial charge on any atom is -0.462 e. The van der Waals surface area contributed by atoms with Crippen molar-refractivity contribution in [3.8, 4) is 0 Å². The predicted octanol–water partition coefficient (Wildman–Crippen LogP) is 21.5. The largest absolute Gasteiger partial charge is 0.462 e. The summed E-state index contributed by atoms with van der Waals surface area (Å²) in [6, 6.07) is 0. The van der Waals surface area contributed by atoms with Crippen molar-refractivity contribution in [3.63, 3.8) is 0 Å². The summed E-state index contributed by atoms with van der Waals surface area (Å²) in [5, 5.41) is 0. The van der Waals surface area contributed by atoms with E-state index >= 15 is 0 Å². The smallest absolute Gasteiger partial charge is 0.306 e. The highest BCUT2D eigenvalue weighted by Gasteiger charge is 2.19. The van der Waals surface area contributed by atoms with E-state index in [2.05, 4.69) is 106 Å². The third kappa shape index (κ3) is 59.5. The Hall–Kier alpha value is -3.41. The van der Waals surface area contributed by atoms with E-state index in [4.69, 9.17) is 14.2 Å². The van der Waals surface area contributed by atoms with Crippen LogP contribution < -0.4 is 0 Å². The molecule has 1 unspecified atom stereocenters. The molecular formula is C68H118O6. The van der Waals surface area contributed by atoms with Crippen LogP contribution in [0.5, 0.6) is 0 Å². The van der Waals surface area contributed by atoms with E-state index in [1.807, 2.05) is 0 Å². The molecule has 0 spiro atoms. The van der Waals surface area contributed by atoms with Gasteiger partial charge in [-0.05, 0) is 116 Å². The minimum atomic E-state index is -0.802. The quantitative estimate of drug-likeness (QED) is 0.0261. The number of esters is 3. The lowest BCUT2D eigenvalue weighted by atomic mass is 10.0. The Balaban J connectivity index is 4.34. The van der Waals surface area contributed by atoms with Gasteiger partial charge in [0, 0.05) is 19.3 Å². The highest BCUT2D eigenvalue weighted by Crippen LogP contribution is 2.16. The molecule has 0 aliphatic heterocycles. The summed E-state index contributed by atoms with van der Waals surface area (Å²) in [4.78, 5) is 38.2. The Morgan fingerprint density at radius 1 is 0.284 bits per heavy atom. The van der Waals surface area contributed by atoms with Crippen LogP contribution in [0.1, 0.15) is 310 Å². The van der Waals surface area contributed by atoms with Crippen LogP contribution in [0.25, 0.3) is 0 Å². The van der Waals surface area contributed by atoms with Crippen LogP contribution in [0, 0.1) is 0 Å². The normalized spacial score (nSPS) is 12.6. The van der Waals surface area contributed by atoms with Crippen molar-refractivity contribution < 1.29 is 28.6 Å². The number of unbranched alkanes of at least 4 members (excludes halogenated alkanes) is 32. The minimum absolute atomic E-state index is 0.0945. The molecular weight excluding hydrogens is 913 g/mol. The van der Waals surface area contributed by atoms with Crippen molar-refractivity contribution in [2.24, 2.45) is 0 Å². The number of allylic oxidation sites excluding steroid dienone is 14. The summed E-state index contributed by atoms with van der Waals surface area (Å²) in [6.07, 6.45) is 81.7. The van der Waals surface area contributed by atoms with Crippen LogP contribution in [0.2, 0.25) is 0 Å². The molecule has 0 saturated heterocycles. The highest BCUT2D eigenvalue weighted by atomic mass is 16.6. The number of rotatable bonds is 57. The zero-order valence-corrected chi connectivity index (χ0v) is 48.8. The second-order valence-electron chi connectivity index (χ2n) is 20.9. The fourth-order valence-electron chi connectivity index (χ4n) is 8.87.